The topological polar surface area (TPSA) is 75.8 Å². The number of benzene rings is 1. The number of aliphatic hydroxyl groups excluding tert-OH is 1. The maximum atomic E-state index is 11.2. The van der Waals surface area contributed by atoms with Gasteiger partial charge in [0.25, 0.3) is 0 Å². The van der Waals surface area contributed by atoms with E-state index in [0.717, 1.165) is 42.7 Å². The fraction of sp³-hybridized carbons (Fsp3) is 0.611. The summed E-state index contributed by atoms with van der Waals surface area (Å²) in [6, 6.07) is 6.20. The monoisotopic (exact) mass is 320 g/mol. The molecule has 1 amide bonds. The van der Waals surface area contributed by atoms with E-state index in [1.807, 2.05) is 32.0 Å². The first-order chi connectivity index (χ1) is 11.0. The number of likely N-dealkylation sites (tertiary alicyclic amines) is 1. The highest BCUT2D eigenvalue weighted by molar-refractivity contribution is 5.74. The number of amides is 1. The van der Waals surface area contributed by atoms with E-state index in [0.29, 0.717) is 13.0 Å². The average molecular weight is 320 g/mol. The summed E-state index contributed by atoms with van der Waals surface area (Å²) in [5, 5.41) is 10.3. The van der Waals surface area contributed by atoms with Gasteiger partial charge in [0.15, 0.2) is 0 Å². The van der Waals surface area contributed by atoms with E-state index in [9.17, 15) is 9.90 Å². The maximum absolute atomic E-state index is 11.2. The Morgan fingerprint density at radius 3 is 2.96 bits per heavy atom. The molecule has 0 aromatic heterocycles. The molecule has 1 aliphatic heterocycles. The number of carbonyl (C=O) groups excluding carboxylic acids is 1. The number of nitrogens with two attached hydrogens (primary N) is 1. The highest BCUT2D eigenvalue weighted by Crippen LogP contribution is 2.21. The van der Waals surface area contributed by atoms with Gasteiger partial charge in [-0.2, -0.15) is 0 Å². The Bertz CT molecular complexity index is 533. The molecule has 0 radical (unpaired) electrons. The van der Waals surface area contributed by atoms with Crippen molar-refractivity contribution in [2.45, 2.75) is 51.7 Å². The van der Waals surface area contributed by atoms with Gasteiger partial charge in [-0.15, -0.1) is 0 Å². The number of piperidine rings is 1. The Morgan fingerprint density at radius 2 is 2.22 bits per heavy atom. The molecule has 1 aliphatic rings. The number of primary amides is 1. The number of aliphatic hydroxyl groups is 1. The standard InChI is InChI=1S/C18H28N2O3/c1-13-6-7-14(2)17(9-13)23-12-16(21)11-20-8-4-3-5-15(20)10-18(19)22/h6-7,9,15-16,21H,3-5,8,10-12H2,1-2H3,(H2,19,22). The van der Waals surface area contributed by atoms with E-state index in [4.69, 9.17) is 10.5 Å². The molecule has 3 N–H and O–H groups in total. The number of rotatable bonds is 7. The second-order valence-electron chi connectivity index (χ2n) is 6.55. The molecule has 1 saturated heterocycles. The molecular weight excluding hydrogens is 292 g/mol. The minimum absolute atomic E-state index is 0.150. The molecule has 2 unspecified atom stereocenters. The SMILES string of the molecule is Cc1ccc(C)c(OCC(O)CN2CCCCC2CC(N)=O)c1. The van der Waals surface area contributed by atoms with E-state index in [1.165, 1.54) is 0 Å². The smallest absolute Gasteiger partial charge is 0.218 e. The first-order valence-corrected chi connectivity index (χ1v) is 8.36. The second kappa shape index (κ2) is 8.31. The van der Waals surface area contributed by atoms with Crippen LogP contribution >= 0.6 is 0 Å². The quantitative estimate of drug-likeness (QED) is 0.803. The first-order valence-electron chi connectivity index (χ1n) is 8.36. The number of hydrogen-bond donors (Lipinski definition) is 2. The molecule has 0 spiro atoms. The van der Waals surface area contributed by atoms with E-state index in [1.54, 1.807) is 0 Å². The van der Waals surface area contributed by atoms with E-state index >= 15 is 0 Å². The van der Waals surface area contributed by atoms with Crippen molar-refractivity contribution in [1.82, 2.24) is 4.90 Å². The fourth-order valence-electron chi connectivity index (χ4n) is 3.14. The van der Waals surface area contributed by atoms with Gasteiger partial charge in [-0.3, -0.25) is 9.69 Å². The molecule has 5 heteroatoms. The Balaban J connectivity index is 1.86. The Morgan fingerprint density at radius 1 is 1.43 bits per heavy atom. The Labute approximate surface area is 138 Å². The summed E-state index contributed by atoms with van der Waals surface area (Å²) in [5.74, 6) is 0.541. The minimum Gasteiger partial charge on any atom is -0.491 e. The van der Waals surface area contributed by atoms with Crippen LogP contribution in [0.25, 0.3) is 0 Å². The predicted molar refractivity (Wildman–Crippen MR) is 90.4 cm³/mol. The number of nitrogens with zero attached hydrogens (tertiary/aromatic N) is 1. The number of aryl methyl sites for hydroxylation is 2. The lowest BCUT2D eigenvalue weighted by molar-refractivity contribution is -0.119. The molecule has 2 atom stereocenters. The van der Waals surface area contributed by atoms with Gasteiger partial charge in [-0.25, -0.2) is 0 Å². The summed E-state index contributed by atoms with van der Waals surface area (Å²) in [5.41, 5.74) is 7.53. The van der Waals surface area contributed by atoms with Crippen LogP contribution in [-0.4, -0.2) is 47.8 Å². The van der Waals surface area contributed by atoms with Crippen molar-refractivity contribution in [1.29, 1.82) is 0 Å². The zero-order valence-electron chi connectivity index (χ0n) is 14.1. The fourth-order valence-corrected chi connectivity index (χ4v) is 3.14. The van der Waals surface area contributed by atoms with Gasteiger partial charge in [0.2, 0.25) is 5.91 Å². The predicted octanol–water partition coefficient (Wildman–Crippen LogP) is 1.77. The molecule has 128 valence electrons. The molecule has 1 heterocycles. The molecule has 1 aromatic carbocycles. The van der Waals surface area contributed by atoms with Crippen LogP contribution in [0.2, 0.25) is 0 Å². The molecular formula is C18H28N2O3. The molecule has 5 nitrogen and oxygen atoms in total. The molecule has 0 saturated carbocycles. The second-order valence-corrected chi connectivity index (χ2v) is 6.55. The van der Waals surface area contributed by atoms with Crippen LogP contribution in [0.15, 0.2) is 18.2 Å². The lowest BCUT2D eigenvalue weighted by atomic mass is 9.98. The van der Waals surface area contributed by atoms with Crippen molar-refractivity contribution < 1.29 is 14.6 Å². The minimum atomic E-state index is -0.580. The van der Waals surface area contributed by atoms with Crippen molar-refractivity contribution in [2.24, 2.45) is 5.73 Å². The number of ether oxygens (including phenoxy) is 1. The molecule has 23 heavy (non-hydrogen) atoms. The van der Waals surface area contributed by atoms with Gasteiger partial charge >= 0.3 is 0 Å². The maximum Gasteiger partial charge on any atom is 0.218 e. The summed E-state index contributed by atoms with van der Waals surface area (Å²) in [4.78, 5) is 13.4. The van der Waals surface area contributed by atoms with Gasteiger partial charge in [0, 0.05) is 19.0 Å². The number of carbonyl (C=O) groups is 1. The van der Waals surface area contributed by atoms with Crippen molar-refractivity contribution >= 4 is 5.91 Å². The van der Waals surface area contributed by atoms with Crippen molar-refractivity contribution in [3.8, 4) is 5.75 Å². The summed E-state index contributed by atoms with van der Waals surface area (Å²) < 4.78 is 5.77. The van der Waals surface area contributed by atoms with Crippen LogP contribution in [0.4, 0.5) is 0 Å². The van der Waals surface area contributed by atoms with Crippen LogP contribution in [0.5, 0.6) is 5.75 Å². The summed E-state index contributed by atoms with van der Waals surface area (Å²) in [7, 11) is 0. The van der Waals surface area contributed by atoms with Gasteiger partial charge in [-0.1, -0.05) is 18.6 Å². The van der Waals surface area contributed by atoms with Gasteiger partial charge in [-0.05, 0) is 50.4 Å². The van der Waals surface area contributed by atoms with Crippen LogP contribution in [-0.2, 0) is 4.79 Å². The lowest BCUT2D eigenvalue weighted by Gasteiger charge is -2.36. The zero-order valence-corrected chi connectivity index (χ0v) is 14.1. The third kappa shape index (κ3) is 5.52. The van der Waals surface area contributed by atoms with Gasteiger partial charge in [0.1, 0.15) is 18.5 Å². The molecule has 0 bridgehead atoms. The van der Waals surface area contributed by atoms with Crippen LogP contribution in [0.1, 0.15) is 36.8 Å². The summed E-state index contributed by atoms with van der Waals surface area (Å²) >= 11 is 0. The third-order valence-corrected chi connectivity index (χ3v) is 4.41. The van der Waals surface area contributed by atoms with Gasteiger partial charge < -0.3 is 15.6 Å². The third-order valence-electron chi connectivity index (χ3n) is 4.41. The zero-order chi connectivity index (χ0) is 16.8. The Kier molecular flexibility index (Phi) is 6.42. The van der Waals surface area contributed by atoms with E-state index in [-0.39, 0.29) is 18.6 Å². The summed E-state index contributed by atoms with van der Waals surface area (Å²) in [6.07, 6.45) is 2.96. The number of β-amino-alcohol motifs (C(OH)–C–C–N with tert-alkyl or cyclic N) is 1. The summed E-state index contributed by atoms with van der Waals surface area (Å²) in [6.45, 7) is 5.69. The molecule has 2 rings (SSSR count). The van der Waals surface area contributed by atoms with Crippen molar-refractivity contribution in [3.05, 3.63) is 29.3 Å². The number of hydrogen-bond acceptors (Lipinski definition) is 4. The molecule has 0 aliphatic carbocycles. The van der Waals surface area contributed by atoms with Crippen LogP contribution < -0.4 is 10.5 Å². The average Bonchev–Trinajstić information content (AvgIpc) is 2.50. The highest BCUT2D eigenvalue weighted by atomic mass is 16.5. The van der Waals surface area contributed by atoms with E-state index in [2.05, 4.69) is 4.90 Å². The van der Waals surface area contributed by atoms with Crippen LogP contribution in [0, 0.1) is 13.8 Å². The normalized spacial score (nSPS) is 20.2. The molecule has 1 fully saturated rings. The van der Waals surface area contributed by atoms with Gasteiger partial charge in [0.05, 0.1) is 0 Å². The largest absolute Gasteiger partial charge is 0.491 e. The lowest BCUT2D eigenvalue weighted by Crippen LogP contribution is -2.46. The van der Waals surface area contributed by atoms with Crippen LogP contribution in [0.3, 0.4) is 0 Å². The van der Waals surface area contributed by atoms with E-state index < -0.39 is 6.10 Å². The molecule has 1 aromatic rings. The Hall–Kier alpha value is -1.59. The van der Waals surface area contributed by atoms with Crippen molar-refractivity contribution in [2.75, 3.05) is 19.7 Å². The van der Waals surface area contributed by atoms with Crippen molar-refractivity contribution in [3.63, 3.8) is 0 Å². The highest BCUT2D eigenvalue weighted by Gasteiger charge is 2.25. The first kappa shape index (κ1) is 17.8.